The minimum absolute atomic E-state index is 0.0907. The zero-order chi connectivity index (χ0) is 21.7. The summed E-state index contributed by atoms with van der Waals surface area (Å²) in [6.45, 7) is 3.49. The van der Waals surface area contributed by atoms with Crippen LogP contribution in [0.15, 0.2) is 45.8 Å². The molecule has 2 aliphatic rings. The molecule has 3 rings (SSSR count). The molecule has 0 radical (unpaired) electrons. The van der Waals surface area contributed by atoms with Gasteiger partial charge >= 0.3 is 5.97 Å². The van der Waals surface area contributed by atoms with Crippen molar-refractivity contribution in [2.45, 2.75) is 63.0 Å². The molecule has 0 spiro atoms. The van der Waals surface area contributed by atoms with E-state index < -0.39 is 28.1 Å². The normalized spacial score (nSPS) is 20.5. The topological polar surface area (TPSA) is 114 Å². The summed E-state index contributed by atoms with van der Waals surface area (Å²) in [5, 5.41) is 2.79. The van der Waals surface area contributed by atoms with E-state index >= 15 is 0 Å². The molecular formula is C21H27N3O5S. The van der Waals surface area contributed by atoms with Crippen LogP contribution in [0.5, 0.6) is 0 Å². The van der Waals surface area contributed by atoms with Gasteiger partial charge in [-0.25, -0.2) is 13.2 Å². The van der Waals surface area contributed by atoms with Crippen LogP contribution in [0.25, 0.3) is 0 Å². The molecule has 1 heterocycles. The molecule has 8 nitrogen and oxygen atoms in total. The first-order valence-corrected chi connectivity index (χ1v) is 11.6. The number of sulfonamides is 1. The van der Waals surface area contributed by atoms with E-state index in [-0.39, 0.29) is 16.6 Å². The molecule has 0 saturated heterocycles. The Kier molecular flexibility index (Phi) is 6.91. The fraction of sp³-hybridized carbons (Fsp3) is 0.476. The lowest BCUT2D eigenvalue weighted by Crippen LogP contribution is -2.38. The maximum absolute atomic E-state index is 12.3. The van der Waals surface area contributed by atoms with Gasteiger partial charge in [-0.2, -0.15) is 0 Å². The van der Waals surface area contributed by atoms with Gasteiger partial charge in [-0.3, -0.25) is 14.5 Å². The number of carbonyl (C=O) groups is 2. The third-order valence-corrected chi connectivity index (χ3v) is 6.52. The molecule has 162 valence electrons. The lowest BCUT2D eigenvalue weighted by Gasteiger charge is -2.16. The standard InChI is InChI=1S/C21H27N3O5S/c1-14(23-19-17-10-6-7-11-18(17)30(27,28)24-19)21(26)29-15(2)20(25)22-13-12-16-8-4-3-5-9-16/h6-8,10-11,14-15H,3-5,9,12-13H2,1-2H3,(H,22,25)(H,23,24)/t14-,15?/m0/s1. The SMILES string of the molecule is CC(OC(=O)[C@H](C)N=C1NS(=O)(=O)c2ccccc21)C(=O)NCCC1=CCCCC1. The summed E-state index contributed by atoms with van der Waals surface area (Å²) < 4.78 is 31.8. The molecule has 1 aromatic carbocycles. The number of amidine groups is 1. The Morgan fingerprint density at radius 1 is 1.23 bits per heavy atom. The van der Waals surface area contributed by atoms with Gasteiger partial charge in [0.05, 0.1) is 4.90 Å². The number of ether oxygens (including phenoxy) is 1. The van der Waals surface area contributed by atoms with Crippen LogP contribution in [0, 0.1) is 0 Å². The fourth-order valence-electron chi connectivity index (χ4n) is 3.42. The Balaban J connectivity index is 1.53. The van der Waals surface area contributed by atoms with Gasteiger partial charge in [0, 0.05) is 12.1 Å². The molecule has 1 amide bonds. The van der Waals surface area contributed by atoms with E-state index in [0.717, 1.165) is 19.3 Å². The molecule has 9 heteroatoms. The molecule has 1 aromatic rings. The summed E-state index contributed by atoms with van der Waals surface area (Å²) in [6.07, 6.45) is 6.65. The van der Waals surface area contributed by atoms with Crippen molar-refractivity contribution in [1.29, 1.82) is 0 Å². The monoisotopic (exact) mass is 433 g/mol. The maximum atomic E-state index is 12.3. The maximum Gasteiger partial charge on any atom is 0.331 e. The van der Waals surface area contributed by atoms with Crippen LogP contribution in [0.4, 0.5) is 0 Å². The molecule has 0 saturated carbocycles. The zero-order valence-electron chi connectivity index (χ0n) is 17.2. The number of nitrogens with one attached hydrogen (secondary N) is 2. The number of rotatable bonds is 7. The Morgan fingerprint density at radius 2 is 2.00 bits per heavy atom. The molecule has 0 fully saturated rings. The van der Waals surface area contributed by atoms with Gasteiger partial charge in [-0.1, -0.05) is 23.8 Å². The number of esters is 1. The van der Waals surface area contributed by atoms with Gasteiger partial charge in [-0.05, 0) is 58.1 Å². The number of hydrogen-bond acceptors (Lipinski definition) is 6. The van der Waals surface area contributed by atoms with Crippen LogP contribution in [0.1, 0.15) is 51.5 Å². The second-order valence-corrected chi connectivity index (χ2v) is 9.13. The fourth-order valence-corrected chi connectivity index (χ4v) is 4.66. The number of carbonyl (C=O) groups excluding carboxylic acids is 2. The smallest absolute Gasteiger partial charge is 0.331 e. The lowest BCUT2D eigenvalue weighted by molar-refractivity contribution is -0.155. The second-order valence-electron chi connectivity index (χ2n) is 7.48. The molecule has 30 heavy (non-hydrogen) atoms. The Labute approximate surface area is 176 Å². The Hall–Kier alpha value is -2.68. The number of nitrogens with zero attached hydrogens (tertiary/aromatic N) is 1. The highest BCUT2D eigenvalue weighted by atomic mass is 32.2. The Bertz CT molecular complexity index is 984. The number of amides is 1. The van der Waals surface area contributed by atoms with Gasteiger partial charge in [0.25, 0.3) is 15.9 Å². The quantitative estimate of drug-likeness (QED) is 0.505. The van der Waals surface area contributed by atoms with Crippen molar-refractivity contribution in [2.75, 3.05) is 6.54 Å². The minimum Gasteiger partial charge on any atom is -0.451 e. The summed E-state index contributed by atoms with van der Waals surface area (Å²) in [4.78, 5) is 28.8. The second kappa shape index (κ2) is 9.42. The van der Waals surface area contributed by atoms with Crippen LogP contribution >= 0.6 is 0 Å². The van der Waals surface area contributed by atoms with Crippen molar-refractivity contribution in [3.05, 3.63) is 41.5 Å². The van der Waals surface area contributed by atoms with Crippen molar-refractivity contribution < 1.29 is 22.7 Å². The number of fused-ring (bicyclic) bond motifs is 1. The predicted octanol–water partition coefficient (Wildman–Crippen LogP) is 2.05. The van der Waals surface area contributed by atoms with Crippen LogP contribution in [0.3, 0.4) is 0 Å². The lowest BCUT2D eigenvalue weighted by atomic mass is 9.97. The molecule has 2 atom stereocenters. The number of benzene rings is 1. The Morgan fingerprint density at radius 3 is 2.73 bits per heavy atom. The van der Waals surface area contributed by atoms with Crippen LogP contribution < -0.4 is 10.0 Å². The van der Waals surface area contributed by atoms with E-state index in [1.807, 2.05) is 0 Å². The highest BCUT2D eigenvalue weighted by molar-refractivity contribution is 7.90. The van der Waals surface area contributed by atoms with E-state index in [2.05, 4.69) is 21.1 Å². The van der Waals surface area contributed by atoms with E-state index in [4.69, 9.17) is 4.74 Å². The van der Waals surface area contributed by atoms with E-state index in [1.54, 1.807) is 18.2 Å². The molecule has 0 aromatic heterocycles. The van der Waals surface area contributed by atoms with Crippen molar-refractivity contribution in [2.24, 2.45) is 4.99 Å². The highest BCUT2D eigenvalue weighted by Gasteiger charge is 2.31. The molecular weight excluding hydrogens is 406 g/mol. The van der Waals surface area contributed by atoms with Crippen LogP contribution in [0.2, 0.25) is 0 Å². The predicted molar refractivity (Wildman–Crippen MR) is 112 cm³/mol. The summed E-state index contributed by atoms with van der Waals surface area (Å²) in [6, 6.07) is 5.41. The van der Waals surface area contributed by atoms with Crippen LogP contribution in [-0.2, 0) is 24.3 Å². The van der Waals surface area contributed by atoms with Crippen molar-refractivity contribution in [3.8, 4) is 0 Å². The van der Waals surface area contributed by atoms with Crippen molar-refractivity contribution in [3.63, 3.8) is 0 Å². The molecule has 0 bridgehead atoms. The average molecular weight is 434 g/mol. The average Bonchev–Trinajstić information content (AvgIpc) is 2.98. The van der Waals surface area contributed by atoms with Gasteiger partial charge in [-0.15, -0.1) is 0 Å². The first kappa shape index (κ1) is 22.0. The van der Waals surface area contributed by atoms with Gasteiger partial charge in [0.1, 0.15) is 11.9 Å². The number of allylic oxidation sites excluding steroid dienone is 1. The summed E-state index contributed by atoms with van der Waals surface area (Å²) >= 11 is 0. The molecule has 1 aliphatic carbocycles. The third-order valence-electron chi connectivity index (χ3n) is 5.12. The zero-order valence-corrected chi connectivity index (χ0v) is 18.0. The van der Waals surface area contributed by atoms with Gasteiger partial charge < -0.3 is 10.1 Å². The molecule has 1 aliphatic heterocycles. The molecule has 2 N–H and O–H groups in total. The number of hydrogen-bond donors (Lipinski definition) is 2. The van der Waals surface area contributed by atoms with E-state index in [9.17, 15) is 18.0 Å². The summed E-state index contributed by atoms with van der Waals surface area (Å²) in [5.74, 6) is -0.983. The van der Waals surface area contributed by atoms with Crippen molar-refractivity contribution in [1.82, 2.24) is 10.0 Å². The largest absolute Gasteiger partial charge is 0.451 e. The third kappa shape index (κ3) is 5.27. The summed E-state index contributed by atoms with van der Waals surface area (Å²) in [5.41, 5.74) is 1.76. The first-order valence-electron chi connectivity index (χ1n) is 10.1. The highest BCUT2D eigenvalue weighted by Crippen LogP contribution is 2.23. The summed E-state index contributed by atoms with van der Waals surface area (Å²) in [7, 11) is -3.68. The minimum atomic E-state index is -3.68. The van der Waals surface area contributed by atoms with Crippen molar-refractivity contribution >= 4 is 27.7 Å². The first-order chi connectivity index (χ1) is 14.3. The number of aliphatic imine (C=N–C) groups is 1. The van der Waals surface area contributed by atoms with Gasteiger partial charge in [0.15, 0.2) is 6.10 Å². The van der Waals surface area contributed by atoms with Crippen LogP contribution in [-0.4, -0.2) is 44.8 Å². The van der Waals surface area contributed by atoms with E-state index in [0.29, 0.717) is 12.1 Å². The molecule has 1 unspecified atom stereocenters. The van der Waals surface area contributed by atoms with E-state index in [1.165, 1.54) is 38.3 Å². The van der Waals surface area contributed by atoms with Gasteiger partial charge in [0.2, 0.25) is 0 Å².